The van der Waals surface area contributed by atoms with Gasteiger partial charge in [0.1, 0.15) is 5.82 Å². The minimum Gasteiger partial charge on any atom is -0.396 e. The summed E-state index contributed by atoms with van der Waals surface area (Å²) in [4.78, 5) is 0. The molecule has 2 nitrogen and oxygen atoms in total. The van der Waals surface area contributed by atoms with Gasteiger partial charge in [-0.25, -0.2) is 4.39 Å². The van der Waals surface area contributed by atoms with E-state index < -0.39 is 0 Å². The van der Waals surface area contributed by atoms with E-state index in [2.05, 4.69) is 21.2 Å². The lowest BCUT2D eigenvalue weighted by molar-refractivity contribution is 0.283. The number of nitrogens with one attached hydrogen (secondary N) is 1. The monoisotopic (exact) mass is 323 g/mol. The molecule has 0 heterocycles. The van der Waals surface area contributed by atoms with Crippen LogP contribution in [0.3, 0.4) is 0 Å². The van der Waals surface area contributed by atoms with Gasteiger partial charge in [-0.2, -0.15) is 0 Å². The molecular formula is C12H16BrClFNO. The van der Waals surface area contributed by atoms with Crippen LogP contribution in [0.1, 0.15) is 25.7 Å². The molecule has 5 heteroatoms. The Balaban J connectivity index is 2.36. The average molecular weight is 325 g/mol. The van der Waals surface area contributed by atoms with Crippen molar-refractivity contribution in [3.05, 3.63) is 27.4 Å². The van der Waals surface area contributed by atoms with Crippen LogP contribution in [0.5, 0.6) is 0 Å². The number of anilines is 1. The Kier molecular flexibility index (Phi) is 6.85. The lowest BCUT2D eigenvalue weighted by Crippen LogP contribution is -2.03. The highest BCUT2D eigenvalue weighted by molar-refractivity contribution is 9.10. The van der Waals surface area contributed by atoms with Gasteiger partial charge in [-0.05, 0) is 40.9 Å². The van der Waals surface area contributed by atoms with E-state index in [-0.39, 0.29) is 12.4 Å². The van der Waals surface area contributed by atoms with E-state index in [9.17, 15) is 4.39 Å². The zero-order valence-corrected chi connectivity index (χ0v) is 11.8. The Hall–Kier alpha value is -0.320. The summed E-state index contributed by atoms with van der Waals surface area (Å²) in [6, 6.07) is 2.68. The Morgan fingerprint density at radius 1 is 1.24 bits per heavy atom. The summed E-state index contributed by atoms with van der Waals surface area (Å²) in [6.45, 7) is 1.04. The number of aliphatic hydroxyl groups is 1. The summed E-state index contributed by atoms with van der Waals surface area (Å²) in [6.07, 6.45) is 3.93. The molecule has 1 rings (SSSR count). The van der Waals surface area contributed by atoms with E-state index in [1.807, 2.05) is 0 Å². The Morgan fingerprint density at radius 3 is 2.59 bits per heavy atom. The highest BCUT2D eigenvalue weighted by atomic mass is 79.9. The van der Waals surface area contributed by atoms with Crippen molar-refractivity contribution in [3.63, 3.8) is 0 Å². The van der Waals surface area contributed by atoms with E-state index in [0.29, 0.717) is 9.50 Å². The molecular weight excluding hydrogens is 308 g/mol. The minimum absolute atomic E-state index is 0.253. The van der Waals surface area contributed by atoms with Gasteiger partial charge in [-0.15, -0.1) is 0 Å². The van der Waals surface area contributed by atoms with Crippen LogP contribution in [0.4, 0.5) is 10.1 Å². The van der Waals surface area contributed by atoms with Crippen molar-refractivity contribution in [3.8, 4) is 0 Å². The molecule has 0 radical (unpaired) electrons. The predicted molar refractivity (Wildman–Crippen MR) is 73.2 cm³/mol. The molecule has 17 heavy (non-hydrogen) atoms. The van der Waals surface area contributed by atoms with Crippen molar-refractivity contribution in [1.29, 1.82) is 0 Å². The summed E-state index contributed by atoms with van der Waals surface area (Å²) >= 11 is 9.20. The van der Waals surface area contributed by atoms with Crippen LogP contribution >= 0.6 is 27.5 Å². The summed E-state index contributed by atoms with van der Waals surface area (Å²) < 4.78 is 13.6. The molecule has 0 fully saturated rings. The summed E-state index contributed by atoms with van der Waals surface area (Å²) in [5.74, 6) is -0.352. The number of halogens is 3. The molecule has 2 N–H and O–H groups in total. The third kappa shape index (κ3) is 5.23. The van der Waals surface area contributed by atoms with Crippen LogP contribution in [0.25, 0.3) is 0 Å². The van der Waals surface area contributed by atoms with Gasteiger partial charge in [0.2, 0.25) is 0 Å². The molecule has 1 aromatic rings. The molecule has 0 amide bonds. The molecule has 0 aliphatic rings. The fourth-order valence-electron chi connectivity index (χ4n) is 1.51. The molecule has 0 spiro atoms. The first-order chi connectivity index (χ1) is 8.15. The van der Waals surface area contributed by atoms with Gasteiger partial charge in [-0.1, -0.05) is 24.4 Å². The average Bonchev–Trinajstić information content (AvgIpc) is 2.26. The van der Waals surface area contributed by atoms with Crippen molar-refractivity contribution < 1.29 is 9.50 Å². The molecule has 1 aromatic carbocycles. The number of aliphatic hydroxyl groups excluding tert-OH is 1. The van der Waals surface area contributed by atoms with Gasteiger partial charge in [-0.3, -0.25) is 0 Å². The predicted octanol–water partition coefficient (Wildman–Crippen LogP) is 4.21. The molecule has 0 saturated carbocycles. The quantitative estimate of drug-likeness (QED) is 0.737. The lowest BCUT2D eigenvalue weighted by atomic mass is 10.2. The summed E-state index contributed by atoms with van der Waals surface area (Å²) in [5, 5.41) is 12.2. The van der Waals surface area contributed by atoms with Gasteiger partial charge in [0.15, 0.2) is 0 Å². The van der Waals surface area contributed by atoms with Crippen LogP contribution in [0.2, 0.25) is 5.02 Å². The van der Waals surface area contributed by atoms with Gasteiger partial charge in [0.05, 0.1) is 10.7 Å². The highest BCUT2D eigenvalue weighted by Gasteiger charge is 2.07. The van der Waals surface area contributed by atoms with E-state index in [0.717, 1.165) is 37.9 Å². The Morgan fingerprint density at radius 2 is 1.94 bits per heavy atom. The molecule has 0 aliphatic heterocycles. The van der Waals surface area contributed by atoms with Gasteiger partial charge >= 0.3 is 0 Å². The zero-order valence-electron chi connectivity index (χ0n) is 9.48. The Bertz CT molecular complexity index is 339. The summed E-state index contributed by atoms with van der Waals surface area (Å²) in [7, 11) is 0. The molecule has 0 aliphatic carbocycles. The lowest BCUT2D eigenvalue weighted by Gasteiger charge is -2.10. The topological polar surface area (TPSA) is 32.3 Å². The molecule has 0 aromatic heterocycles. The number of unbranched alkanes of at least 4 members (excludes halogenated alkanes) is 3. The van der Waals surface area contributed by atoms with Crippen molar-refractivity contribution in [1.82, 2.24) is 0 Å². The molecule has 0 bridgehead atoms. The SMILES string of the molecule is OCCCCCCNc1c(Cl)cc(F)cc1Br. The number of rotatable bonds is 7. The van der Waals surface area contributed by atoms with Crippen LogP contribution in [0, 0.1) is 5.82 Å². The first-order valence-corrected chi connectivity index (χ1v) is 6.81. The van der Waals surface area contributed by atoms with Gasteiger partial charge in [0.25, 0.3) is 0 Å². The fourth-order valence-corrected chi connectivity index (χ4v) is 2.47. The van der Waals surface area contributed by atoms with Gasteiger partial charge in [0, 0.05) is 17.6 Å². The second-order valence-electron chi connectivity index (χ2n) is 3.81. The first kappa shape index (κ1) is 14.7. The third-order valence-corrected chi connectivity index (χ3v) is 3.32. The van der Waals surface area contributed by atoms with Crippen LogP contribution in [-0.2, 0) is 0 Å². The van der Waals surface area contributed by atoms with E-state index in [1.54, 1.807) is 0 Å². The van der Waals surface area contributed by atoms with Crippen molar-refractivity contribution >= 4 is 33.2 Å². The molecule has 0 unspecified atom stereocenters. The van der Waals surface area contributed by atoms with Crippen molar-refractivity contribution in [2.24, 2.45) is 0 Å². The van der Waals surface area contributed by atoms with E-state index in [4.69, 9.17) is 16.7 Å². The number of benzene rings is 1. The standard InChI is InChI=1S/C12H16BrClFNO/c13-10-7-9(15)8-11(14)12(10)16-5-3-1-2-4-6-17/h7-8,16-17H,1-6H2. The molecule has 96 valence electrons. The van der Waals surface area contributed by atoms with Crippen LogP contribution < -0.4 is 5.32 Å². The maximum absolute atomic E-state index is 13.0. The normalized spacial score (nSPS) is 10.6. The van der Waals surface area contributed by atoms with Crippen LogP contribution in [0.15, 0.2) is 16.6 Å². The number of hydrogen-bond donors (Lipinski definition) is 2. The molecule has 0 saturated heterocycles. The first-order valence-electron chi connectivity index (χ1n) is 5.64. The largest absolute Gasteiger partial charge is 0.396 e. The maximum atomic E-state index is 13.0. The fraction of sp³-hybridized carbons (Fsp3) is 0.500. The van der Waals surface area contributed by atoms with Gasteiger partial charge < -0.3 is 10.4 Å². The summed E-state index contributed by atoms with van der Waals surface area (Å²) in [5.41, 5.74) is 0.732. The third-order valence-electron chi connectivity index (χ3n) is 2.39. The second-order valence-corrected chi connectivity index (χ2v) is 5.07. The minimum atomic E-state index is -0.352. The van der Waals surface area contributed by atoms with E-state index in [1.165, 1.54) is 12.1 Å². The second kappa shape index (κ2) is 7.90. The van der Waals surface area contributed by atoms with Crippen LogP contribution in [-0.4, -0.2) is 18.3 Å². The van der Waals surface area contributed by atoms with E-state index >= 15 is 0 Å². The highest BCUT2D eigenvalue weighted by Crippen LogP contribution is 2.31. The van der Waals surface area contributed by atoms with Crippen molar-refractivity contribution in [2.45, 2.75) is 25.7 Å². The smallest absolute Gasteiger partial charge is 0.125 e. The Labute approximate surface area is 114 Å². The molecule has 0 atom stereocenters. The zero-order chi connectivity index (χ0) is 12.7. The van der Waals surface area contributed by atoms with Crippen molar-refractivity contribution in [2.75, 3.05) is 18.5 Å². The number of hydrogen-bond acceptors (Lipinski definition) is 2. The maximum Gasteiger partial charge on any atom is 0.125 e.